The standard InChI is InChI=1S/C13H21NO3/c1-3-4-9(2)14-12(15)10-5-7-11(8-6-10)13(16)17/h3,9-11H,1,4-8H2,2H3,(H,14,15)(H,16,17)/t9-,10?,11?/m0/s1. The lowest BCUT2D eigenvalue weighted by atomic mass is 9.81. The minimum atomic E-state index is -0.733. The highest BCUT2D eigenvalue weighted by molar-refractivity contribution is 5.79. The number of aliphatic carboxylic acids is 1. The summed E-state index contributed by atoms with van der Waals surface area (Å²) in [6, 6.07) is 0.109. The molecule has 0 saturated heterocycles. The Morgan fingerprint density at radius 3 is 2.35 bits per heavy atom. The number of nitrogens with one attached hydrogen (secondary N) is 1. The maximum atomic E-state index is 11.9. The molecule has 1 amide bonds. The fraction of sp³-hybridized carbons (Fsp3) is 0.692. The maximum absolute atomic E-state index is 11.9. The van der Waals surface area contributed by atoms with Gasteiger partial charge in [0.05, 0.1) is 5.92 Å². The summed E-state index contributed by atoms with van der Waals surface area (Å²) >= 11 is 0. The molecule has 0 radical (unpaired) electrons. The molecule has 0 unspecified atom stereocenters. The van der Waals surface area contributed by atoms with Crippen molar-refractivity contribution in [2.24, 2.45) is 11.8 Å². The topological polar surface area (TPSA) is 66.4 Å². The molecule has 1 rings (SSSR count). The molecule has 0 spiro atoms. The highest BCUT2D eigenvalue weighted by Crippen LogP contribution is 2.29. The first-order valence-electron chi connectivity index (χ1n) is 6.18. The average molecular weight is 239 g/mol. The first-order valence-corrected chi connectivity index (χ1v) is 6.18. The van der Waals surface area contributed by atoms with E-state index in [1.807, 2.05) is 6.92 Å². The van der Waals surface area contributed by atoms with Crippen LogP contribution in [-0.4, -0.2) is 23.0 Å². The van der Waals surface area contributed by atoms with Crippen molar-refractivity contribution in [1.29, 1.82) is 0 Å². The van der Waals surface area contributed by atoms with Crippen LogP contribution >= 0.6 is 0 Å². The van der Waals surface area contributed by atoms with Crippen molar-refractivity contribution in [3.05, 3.63) is 12.7 Å². The predicted molar refractivity (Wildman–Crippen MR) is 65.5 cm³/mol. The second kappa shape index (κ2) is 6.42. The molecule has 1 aliphatic carbocycles. The number of hydrogen-bond acceptors (Lipinski definition) is 2. The van der Waals surface area contributed by atoms with Crippen molar-refractivity contribution in [2.75, 3.05) is 0 Å². The Morgan fingerprint density at radius 2 is 1.88 bits per heavy atom. The smallest absolute Gasteiger partial charge is 0.306 e. The average Bonchev–Trinajstić information content (AvgIpc) is 2.29. The van der Waals surface area contributed by atoms with Gasteiger partial charge in [0.15, 0.2) is 0 Å². The fourth-order valence-electron chi connectivity index (χ4n) is 2.27. The summed E-state index contributed by atoms with van der Waals surface area (Å²) in [5, 5.41) is 11.8. The molecule has 17 heavy (non-hydrogen) atoms. The van der Waals surface area contributed by atoms with E-state index >= 15 is 0 Å². The third-order valence-corrected chi connectivity index (χ3v) is 3.36. The second-order valence-electron chi connectivity index (χ2n) is 4.82. The minimum Gasteiger partial charge on any atom is -0.481 e. The van der Waals surface area contributed by atoms with Gasteiger partial charge in [0.2, 0.25) is 5.91 Å². The zero-order valence-corrected chi connectivity index (χ0v) is 10.3. The quantitative estimate of drug-likeness (QED) is 0.721. The Hall–Kier alpha value is -1.32. The van der Waals surface area contributed by atoms with E-state index in [0.717, 1.165) is 6.42 Å². The monoisotopic (exact) mass is 239 g/mol. The van der Waals surface area contributed by atoms with Gasteiger partial charge < -0.3 is 10.4 Å². The SMILES string of the molecule is C=CC[C@H](C)NC(=O)C1CCC(C(=O)O)CC1. The molecule has 0 aromatic carbocycles. The van der Waals surface area contributed by atoms with Crippen molar-refractivity contribution < 1.29 is 14.7 Å². The van der Waals surface area contributed by atoms with Crippen molar-refractivity contribution in [3.8, 4) is 0 Å². The first-order chi connectivity index (χ1) is 8.04. The van der Waals surface area contributed by atoms with E-state index in [0.29, 0.717) is 25.7 Å². The van der Waals surface area contributed by atoms with Gasteiger partial charge in [-0.1, -0.05) is 6.08 Å². The number of carbonyl (C=O) groups is 2. The summed E-state index contributed by atoms with van der Waals surface area (Å²) in [4.78, 5) is 22.6. The lowest BCUT2D eigenvalue weighted by molar-refractivity contribution is -0.144. The third-order valence-electron chi connectivity index (χ3n) is 3.36. The van der Waals surface area contributed by atoms with Gasteiger partial charge in [-0.2, -0.15) is 0 Å². The van der Waals surface area contributed by atoms with E-state index in [-0.39, 0.29) is 23.8 Å². The van der Waals surface area contributed by atoms with Gasteiger partial charge in [-0.15, -0.1) is 6.58 Å². The van der Waals surface area contributed by atoms with Gasteiger partial charge in [-0.3, -0.25) is 9.59 Å². The Bertz CT molecular complexity index is 293. The van der Waals surface area contributed by atoms with Gasteiger partial charge in [-0.05, 0) is 39.0 Å². The predicted octanol–water partition coefficient (Wildman–Crippen LogP) is 1.96. The molecular weight excluding hydrogens is 218 g/mol. The summed E-state index contributed by atoms with van der Waals surface area (Å²) in [5.41, 5.74) is 0. The molecule has 0 heterocycles. The zero-order chi connectivity index (χ0) is 12.8. The van der Waals surface area contributed by atoms with Gasteiger partial charge in [0.1, 0.15) is 0 Å². The molecule has 1 fully saturated rings. The van der Waals surface area contributed by atoms with Crippen LogP contribution in [0.3, 0.4) is 0 Å². The lowest BCUT2D eigenvalue weighted by Gasteiger charge is -2.26. The summed E-state index contributed by atoms with van der Waals surface area (Å²) in [7, 11) is 0. The zero-order valence-electron chi connectivity index (χ0n) is 10.3. The van der Waals surface area contributed by atoms with Crippen LogP contribution in [0.4, 0.5) is 0 Å². The van der Waals surface area contributed by atoms with E-state index in [9.17, 15) is 9.59 Å². The summed E-state index contributed by atoms with van der Waals surface area (Å²) < 4.78 is 0. The van der Waals surface area contributed by atoms with Crippen LogP contribution < -0.4 is 5.32 Å². The van der Waals surface area contributed by atoms with Crippen molar-refractivity contribution in [3.63, 3.8) is 0 Å². The summed E-state index contributed by atoms with van der Waals surface area (Å²) in [5.74, 6) is -0.949. The molecular formula is C13H21NO3. The van der Waals surface area contributed by atoms with Crippen molar-refractivity contribution in [1.82, 2.24) is 5.32 Å². The summed E-state index contributed by atoms with van der Waals surface area (Å²) in [6.07, 6.45) is 5.14. The molecule has 0 aliphatic heterocycles. The molecule has 2 N–H and O–H groups in total. The largest absolute Gasteiger partial charge is 0.481 e. The van der Waals surface area contributed by atoms with Crippen LogP contribution in [0.15, 0.2) is 12.7 Å². The van der Waals surface area contributed by atoms with Gasteiger partial charge in [0, 0.05) is 12.0 Å². The Kier molecular flexibility index (Phi) is 5.19. The second-order valence-corrected chi connectivity index (χ2v) is 4.82. The minimum absolute atomic E-state index is 0.0159. The van der Waals surface area contributed by atoms with Crippen LogP contribution in [-0.2, 0) is 9.59 Å². The third kappa shape index (κ3) is 4.21. The van der Waals surface area contributed by atoms with E-state index < -0.39 is 5.97 Å². The van der Waals surface area contributed by atoms with Crippen LogP contribution in [0.25, 0.3) is 0 Å². The van der Waals surface area contributed by atoms with E-state index in [1.54, 1.807) is 6.08 Å². The number of carboxylic acid groups (broad SMARTS) is 1. The molecule has 0 aromatic rings. The molecule has 96 valence electrons. The fourth-order valence-corrected chi connectivity index (χ4v) is 2.27. The van der Waals surface area contributed by atoms with E-state index in [1.165, 1.54) is 0 Å². The molecule has 4 heteroatoms. The number of hydrogen-bond donors (Lipinski definition) is 2. The number of carbonyl (C=O) groups excluding carboxylic acids is 1. The highest BCUT2D eigenvalue weighted by Gasteiger charge is 2.29. The molecule has 0 aromatic heterocycles. The number of amides is 1. The number of rotatable bonds is 5. The van der Waals surface area contributed by atoms with E-state index in [4.69, 9.17) is 5.11 Å². The van der Waals surface area contributed by atoms with Gasteiger partial charge in [0.25, 0.3) is 0 Å². The summed E-state index contributed by atoms with van der Waals surface area (Å²) in [6.45, 7) is 5.58. The normalized spacial score (nSPS) is 25.9. The van der Waals surface area contributed by atoms with Crippen molar-refractivity contribution in [2.45, 2.75) is 45.1 Å². The Labute approximate surface area is 102 Å². The maximum Gasteiger partial charge on any atom is 0.306 e. The molecule has 1 aliphatic rings. The van der Waals surface area contributed by atoms with E-state index in [2.05, 4.69) is 11.9 Å². The highest BCUT2D eigenvalue weighted by atomic mass is 16.4. The van der Waals surface area contributed by atoms with Gasteiger partial charge in [-0.25, -0.2) is 0 Å². The van der Waals surface area contributed by atoms with Crippen LogP contribution in [0.2, 0.25) is 0 Å². The lowest BCUT2D eigenvalue weighted by Crippen LogP contribution is -2.39. The first kappa shape index (κ1) is 13.7. The van der Waals surface area contributed by atoms with Crippen LogP contribution in [0.1, 0.15) is 39.0 Å². The van der Waals surface area contributed by atoms with Gasteiger partial charge >= 0.3 is 5.97 Å². The van der Waals surface area contributed by atoms with Crippen LogP contribution in [0, 0.1) is 11.8 Å². The molecule has 1 saturated carbocycles. The Balaban J connectivity index is 2.35. The molecule has 1 atom stereocenters. The van der Waals surface area contributed by atoms with Crippen LogP contribution in [0.5, 0.6) is 0 Å². The van der Waals surface area contributed by atoms with Crippen molar-refractivity contribution >= 4 is 11.9 Å². The molecule has 4 nitrogen and oxygen atoms in total. The molecule has 0 bridgehead atoms. The Morgan fingerprint density at radius 1 is 1.35 bits per heavy atom. The number of carboxylic acids is 1.